The van der Waals surface area contributed by atoms with Gasteiger partial charge in [-0.05, 0) is 48.5 Å². The molecule has 2 amide bonds. The molecule has 172 valence electrons. The molecule has 0 saturated carbocycles. The highest BCUT2D eigenvalue weighted by Gasteiger charge is 2.14. The van der Waals surface area contributed by atoms with Crippen LogP contribution in [0.3, 0.4) is 0 Å². The van der Waals surface area contributed by atoms with Gasteiger partial charge < -0.3 is 19.8 Å². The normalized spacial score (nSPS) is 10.5. The van der Waals surface area contributed by atoms with Crippen LogP contribution in [0.15, 0.2) is 77.3 Å². The minimum atomic E-state index is -0.495. The molecule has 0 aliphatic rings. The molecule has 0 fully saturated rings. The number of carbonyl (C=O) groups is 2. The molecular weight excluding hydrogens is 442 g/mol. The highest BCUT2D eigenvalue weighted by Crippen LogP contribution is 2.20. The van der Waals surface area contributed by atoms with Crippen molar-refractivity contribution in [3.8, 4) is 5.75 Å². The van der Waals surface area contributed by atoms with Crippen LogP contribution in [-0.2, 0) is 13.7 Å². The van der Waals surface area contributed by atoms with Crippen LogP contribution in [0.5, 0.6) is 5.75 Å². The average Bonchev–Trinajstić information content (AvgIpc) is 3.47. The second-order valence-electron chi connectivity index (χ2n) is 7.17. The van der Waals surface area contributed by atoms with E-state index >= 15 is 0 Å². The lowest BCUT2D eigenvalue weighted by Gasteiger charge is -2.07. The number of furan rings is 1. The van der Waals surface area contributed by atoms with Crippen molar-refractivity contribution in [1.82, 2.24) is 9.78 Å². The second-order valence-corrected chi connectivity index (χ2v) is 7.17. The van der Waals surface area contributed by atoms with Crippen LogP contribution in [0.2, 0.25) is 0 Å². The SMILES string of the molecule is Cn1ccc(C(=O)Nc2cccc(NC(=O)c3ccc(COc4ccc([N+](=O)[O-])cc4)o3)c2)n1. The molecule has 0 atom stereocenters. The van der Waals surface area contributed by atoms with Gasteiger partial charge in [0.25, 0.3) is 17.5 Å². The summed E-state index contributed by atoms with van der Waals surface area (Å²) in [6, 6.07) is 17.0. The Hall–Kier alpha value is -4.93. The van der Waals surface area contributed by atoms with Gasteiger partial charge in [-0.1, -0.05) is 6.07 Å². The number of amides is 2. The van der Waals surface area contributed by atoms with Crippen LogP contribution in [-0.4, -0.2) is 26.5 Å². The minimum absolute atomic E-state index is 0.0373. The number of nitrogens with one attached hydrogen (secondary N) is 2. The molecule has 0 aliphatic heterocycles. The largest absolute Gasteiger partial charge is 0.486 e. The van der Waals surface area contributed by atoms with E-state index in [0.29, 0.717) is 22.9 Å². The van der Waals surface area contributed by atoms with Crippen molar-refractivity contribution in [3.63, 3.8) is 0 Å². The zero-order valence-electron chi connectivity index (χ0n) is 17.9. The van der Waals surface area contributed by atoms with E-state index in [4.69, 9.17) is 9.15 Å². The average molecular weight is 461 g/mol. The Morgan fingerprint density at radius 1 is 1.03 bits per heavy atom. The van der Waals surface area contributed by atoms with Gasteiger partial charge >= 0.3 is 0 Å². The zero-order chi connectivity index (χ0) is 24.1. The summed E-state index contributed by atoms with van der Waals surface area (Å²) in [6.07, 6.45) is 1.67. The smallest absolute Gasteiger partial charge is 0.291 e. The standard InChI is InChI=1S/C23H19N5O6/c1-27-12-11-20(26-27)22(29)24-15-3-2-4-16(13-15)25-23(30)21-10-9-19(34-21)14-33-18-7-5-17(6-8-18)28(31)32/h2-13H,14H2,1H3,(H,24,29)(H,25,30). The first-order valence-electron chi connectivity index (χ1n) is 10.1. The molecule has 0 saturated heterocycles. The quantitative estimate of drug-likeness (QED) is 0.298. The monoisotopic (exact) mass is 461 g/mol. The predicted octanol–water partition coefficient (Wildman–Crippen LogP) is 4.00. The Morgan fingerprint density at radius 2 is 1.74 bits per heavy atom. The van der Waals surface area contributed by atoms with Crippen molar-refractivity contribution in [2.24, 2.45) is 7.05 Å². The van der Waals surface area contributed by atoms with E-state index in [1.807, 2.05) is 0 Å². The van der Waals surface area contributed by atoms with E-state index in [-0.39, 0.29) is 29.7 Å². The molecule has 0 bridgehead atoms. The van der Waals surface area contributed by atoms with Gasteiger partial charge in [0.2, 0.25) is 0 Å². The van der Waals surface area contributed by atoms with E-state index in [1.165, 1.54) is 35.0 Å². The summed E-state index contributed by atoms with van der Waals surface area (Å²) in [6.45, 7) is 0.0418. The van der Waals surface area contributed by atoms with Gasteiger partial charge in [-0.15, -0.1) is 0 Å². The summed E-state index contributed by atoms with van der Waals surface area (Å²) < 4.78 is 12.6. The number of nitro benzene ring substituents is 1. The van der Waals surface area contributed by atoms with Crippen LogP contribution in [0.1, 0.15) is 26.8 Å². The summed E-state index contributed by atoms with van der Waals surface area (Å²) >= 11 is 0. The van der Waals surface area contributed by atoms with Gasteiger partial charge in [-0.2, -0.15) is 5.10 Å². The number of aryl methyl sites for hydroxylation is 1. The van der Waals surface area contributed by atoms with Crippen molar-refractivity contribution >= 4 is 28.9 Å². The maximum absolute atomic E-state index is 12.6. The van der Waals surface area contributed by atoms with Crippen molar-refractivity contribution in [2.45, 2.75) is 6.61 Å². The summed E-state index contributed by atoms with van der Waals surface area (Å²) in [5.41, 5.74) is 1.19. The third kappa shape index (κ3) is 5.46. The molecule has 0 spiro atoms. The molecule has 34 heavy (non-hydrogen) atoms. The van der Waals surface area contributed by atoms with Crippen LogP contribution in [0.4, 0.5) is 17.1 Å². The van der Waals surface area contributed by atoms with E-state index in [9.17, 15) is 19.7 Å². The number of aromatic nitrogens is 2. The van der Waals surface area contributed by atoms with Crippen LogP contribution in [0.25, 0.3) is 0 Å². The first-order valence-corrected chi connectivity index (χ1v) is 10.1. The van der Waals surface area contributed by atoms with Crippen LogP contribution in [0, 0.1) is 10.1 Å². The highest BCUT2D eigenvalue weighted by molar-refractivity contribution is 6.04. The van der Waals surface area contributed by atoms with Crippen molar-refractivity contribution < 1.29 is 23.7 Å². The second kappa shape index (κ2) is 9.69. The molecule has 0 radical (unpaired) electrons. The van der Waals surface area contributed by atoms with Gasteiger partial charge in [0.1, 0.15) is 18.1 Å². The predicted molar refractivity (Wildman–Crippen MR) is 122 cm³/mol. The molecule has 2 N–H and O–H groups in total. The van der Waals surface area contributed by atoms with Crippen molar-refractivity contribution in [1.29, 1.82) is 0 Å². The van der Waals surface area contributed by atoms with E-state index in [2.05, 4.69) is 15.7 Å². The topological polar surface area (TPSA) is 142 Å². The molecule has 4 aromatic rings. The number of carbonyl (C=O) groups excluding carboxylic acids is 2. The maximum Gasteiger partial charge on any atom is 0.291 e. The molecule has 0 aliphatic carbocycles. The molecular formula is C23H19N5O6. The lowest BCUT2D eigenvalue weighted by Crippen LogP contribution is -2.14. The number of nitrogens with zero attached hydrogens (tertiary/aromatic N) is 3. The van der Waals surface area contributed by atoms with Gasteiger partial charge in [0.15, 0.2) is 11.5 Å². The number of hydrogen-bond acceptors (Lipinski definition) is 7. The number of non-ortho nitro benzene ring substituents is 1. The van der Waals surface area contributed by atoms with E-state index in [1.54, 1.807) is 49.6 Å². The Morgan fingerprint density at radius 3 is 2.38 bits per heavy atom. The van der Waals surface area contributed by atoms with Gasteiger partial charge in [-0.3, -0.25) is 24.4 Å². The molecule has 4 rings (SSSR count). The fourth-order valence-corrected chi connectivity index (χ4v) is 2.99. The number of benzene rings is 2. The zero-order valence-corrected chi connectivity index (χ0v) is 17.9. The number of hydrogen-bond donors (Lipinski definition) is 2. The van der Waals surface area contributed by atoms with Crippen LogP contribution >= 0.6 is 0 Å². The lowest BCUT2D eigenvalue weighted by atomic mass is 10.2. The Kier molecular flexibility index (Phi) is 6.35. The molecule has 11 nitrogen and oxygen atoms in total. The molecule has 2 aromatic heterocycles. The van der Waals surface area contributed by atoms with Gasteiger partial charge in [0.05, 0.1) is 4.92 Å². The summed E-state index contributed by atoms with van der Waals surface area (Å²) in [4.78, 5) is 35.0. The first kappa shape index (κ1) is 22.3. The number of ether oxygens (including phenoxy) is 1. The molecule has 0 unspecified atom stereocenters. The highest BCUT2D eigenvalue weighted by atomic mass is 16.6. The molecule has 11 heteroatoms. The summed E-state index contributed by atoms with van der Waals surface area (Å²) in [5.74, 6) is 0.0604. The molecule has 2 heterocycles. The summed E-state index contributed by atoms with van der Waals surface area (Å²) in [5, 5.41) is 20.2. The molecule has 2 aromatic carbocycles. The number of anilines is 2. The van der Waals surface area contributed by atoms with Gasteiger partial charge in [0, 0.05) is 36.8 Å². The van der Waals surface area contributed by atoms with Gasteiger partial charge in [-0.25, -0.2) is 0 Å². The van der Waals surface area contributed by atoms with Crippen LogP contribution < -0.4 is 15.4 Å². The number of rotatable bonds is 8. The van der Waals surface area contributed by atoms with Crippen molar-refractivity contribution in [3.05, 3.63) is 100 Å². The van der Waals surface area contributed by atoms with Crippen molar-refractivity contribution in [2.75, 3.05) is 10.6 Å². The minimum Gasteiger partial charge on any atom is -0.486 e. The Balaban J connectivity index is 1.33. The maximum atomic E-state index is 12.6. The van der Waals surface area contributed by atoms with E-state index in [0.717, 1.165) is 0 Å². The summed E-state index contributed by atoms with van der Waals surface area (Å²) in [7, 11) is 1.72. The Bertz CT molecular complexity index is 1340. The fraction of sp³-hybridized carbons (Fsp3) is 0.0870. The number of nitro groups is 1. The third-order valence-electron chi connectivity index (χ3n) is 4.64. The fourth-order valence-electron chi connectivity index (χ4n) is 2.99. The van der Waals surface area contributed by atoms with E-state index < -0.39 is 10.8 Å². The Labute approximate surface area is 193 Å². The lowest BCUT2D eigenvalue weighted by molar-refractivity contribution is -0.384. The first-order chi connectivity index (χ1) is 16.4. The third-order valence-corrected chi connectivity index (χ3v) is 4.64.